The first-order valence-corrected chi connectivity index (χ1v) is 4.02. The molecule has 0 saturated heterocycles. The average Bonchev–Trinajstić information content (AvgIpc) is 2.62. The highest BCUT2D eigenvalue weighted by Gasteiger charge is 2.17. The van der Waals surface area contributed by atoms with Gasteiger partial charge >= 0.3 is 0 Å². The van der Waals surface area contributed by atoms with E-state index in [0.717, 1.165) is 30.7 Å². The molecule has 1 radical (unpaired) electrons. The first-order chi connectivity index (χ1) is 5.95. The fourth-order valence-corrected chi connectivity index (χ4v) is 1.69. The topological polar surface area (TPSA) is 53.9 Å². The Morgan fingerprint density at radius 1 is 1.50 bits per heavy atom. The van der Waals surface area contributed by atoms with E-state index >= 15 is 0 Å². The quantitative estimate of drug-likeness (QED) is 0.596. The van der Waals surface area contributed by atoms with Gasteiger partial charge < -0.3 is 14.7 Å². The molecule has 2 aromatic rings. The lowest BCUT2D eigenvalue weighted by Gasteiger charge is -2.11. The molecule has 0 spiro atoms. The Hall–Kier alpha value is -1.29. The lowest BCUT2D eigenvalue weighted by atomic mass is 10.1. The molecule has 2 N–H and O–H groups in total. The van der Waals surface area contributed by atoms with Gasteiger partial charge in [-0.05, 0) is 0 Å². The van der Waals surface area contributed by atoms with E-state index in [1.54, 1.807) is 0 Å². The van der Waals surface area contributed by atoms with Crippen LogP contribution in [0.15, 0.2) is 4.42 Å². The number of oxazole rings is 1. The van der Waals surface area contributed by atoms with Gasteiger partial charge in [-0.2, -0.15) is 4.98 Å². The van der Waals surface area contributed by atoms with Crippen molar-refractivity contribution in [3.05, 3.63) is 17.7 Å². The van der Waals surface area contributed by atoms with Crippen molar-refractivity contribution in [2.75, 3.05) is 6.54 Å². The number of nitrogens with one attached hydrogen (secondary N) is 2. The maximum atomic E-state index is 5.15. The molecule has 12 heavy (non-hydrogen) atoms. The summed E-state index contributed by atoms with van der Waals surface area (Å²) in [7, 11) is 0. The van der Waals surface area contributed by atoms with Crippen molar-refractivity contribution in [3.63, 3.8) is 0 Å². The van der Waals surface area contributed by atoms with Gasteiger partial charge in [-0.15, -0.1) is 0 Å². The summed E-state index contributed by atoms with van der Waals surface area (Å²) >= 11 is 0. The first-order valence-electron chi connectivity index (χ1n) is 4.02. The van der Waals surface area contributed by atoms with Crippen molar-refractivity contribution >= 4 is 11.2 Å². The summed E-state index contributed by atoms with van der Waals surface area (Å²) in [6.45, 7) is 1.90. The molecule has 2 aromatic heterocycles. The van der Waals surface area contributed by atoms with E-state index in [9.17, 15) is 0 Å². The lowest BCUT2D eigenvalue weighted by Crippen LogP contribution is -2.22. The van der Waals surface area contributed by atoms with Gasteiger partial charge in [0.2, 0.25) is 0 Å². The summed E-state index contributed by atoms with van der Waals surface area (Å²) in [6, 6.07) is 0. The third-order valence-corrected chi connectivity index (χ3v) is 2.28. The third-order valence-electron chi connectivity index (χ3n) is 2.28. The largest absolute Gasteiger partial charge is 0.430 e. The van der Waals surface area contributed by atoms with Crippen LogP contribution in [0, 0.1) is 6.39 Å². The maximum Gasteiger partial charge on any atom is 0.286 e. The Labute approximate surface area is 69.0 Å². The van der Waals surface area contributed by atoms with Crippen LogP contribution in [0.25, 0.3) is 11.2 Å². The van der Waals surface area contributed by atoms with Gasteiger partial charge in [-0.3, -0.25) is 0 Å². The number of H-pyrrole nitrogens is 1. The number of aromatic nitrogens is 2. The minimum Gasteiger partial charge on any atom is -0.430 e. The highest BCUT2D eigenvalue weighted by Crippen LogP contribution is 2.23. The maximum absolute atomic E-state index is 5.15. The monoisotopic (exact) mass is 162 g/mol. The second-order valence-electron chi connectivity index (χ2n) is 2.99. The molecule has 0 amide bonds. The van der Waals surface area contributed by atoms with Crippen molar-refractivity contribution in [2.45, 2.75) is 13.0 Å². The second kappa shape index (κ2) is 2.10. The molecule has 61 valence electrons. The first kappa shape index (κ1) is 6.25. The van der Waals surface area contributed by atoms with E-state index in [4.69, 9.17) is 4.42 Å². The molecule has 1 aliphatic rings. The van der Waals surface area contributed by atoms with E-state index < -0.39 is 0 Å². The van der Waals surface area contributed by atoms with Crippen LogP contribution < -0.4 is 5.32 Å². The van der Waals surface area contributed by atoms with Gasteiger partial charge in [-0.1, -0.05) is 0 Å². The predicted molar refractivity (Wildman–Crippen MR) is 42.6 cm³/mol. The molecule has 0 saturated carbocycles. The highest BCUT2D eigenvalue weighted by molar-refractivity contribution is 5.74. The Morgan fingerprint density at radius 3 is 3.50 bits per heavy atom. The summed E-state index contributed by atoms with van der Waals surface area (Å²) in [5.74, 6) is 0. The van der Waals surface area contributed by atoms with Gasteiger partial charge in [0.25, 0.3) is 6.39 Å². The highest BCUT2D eigenvalue weighted by atomic mass is 16.3. The van der Waals surface area contributed by atoms with E-state index in [-0.39, 0.29) is 0 Å². The van der Waals surface area contributed by atoms with Crippen LogP contribution >= 0.6 is 0 Å². The SMILES string of the molecule is [c]1nc2[nH]c3c(c2o1)CNCC3. The molecule has 0 fully saturated rings. The van der Waals surface area contributed by atoms with E-state index in [1.165, 1.54) is 11.3 Å². The fourth-order valence-electron chi connectivity index (χ4n) is 1.69. The molecule has 0 aromatic carbocycles. The zero-order valence-corrected chi connectivity index (χ0v) is 6.48. The number of fused-ring (bicyclic) bond motifs is 3. The molecular weight excluding hydrogens is 154 g/mol. The van der Waals surface area contributed by atoms with Crippen molar-refractivity contribution < 1.29 is 4.42 Å². The molecule has 0 aliphatic carbocycles. The molecule has 0 atom stereocenters. The van der Waals surface area contributed by atoms with Crippen LogP contribution in [-0.4, -0.2) is 16.5 Å². The standard InChI is InChI=1S/C8H8N3O/c1-2-9-3-5-6(1)11-8-7(5)12-4-10-8/h9,11H,1-3H2. The smallest absolute Gasteiger partial charge is 0.286 e. The summed E-state index contributed by atoms with van der Waals surface area (Å²) in [6.07, 6.45) is 3.51. The van der Waals surface area contributed by atoms with Crippen LogP contribution in [0.1, 0.15) is 11.3 Å². The number of hydrogen-bond acceptors (Lipinski definition) is 3. The van der Waals surface area contributed by atoms with Gasteiger partial charge in [0.15, 0.2) is 11.2 Å². The zero-order valence-electron chi connectivity index (χ0n) is 6.48. The third kappa shape index (κ3) is 0.674. The van der Waals surface area contributed by atoms with Crippen molar-refractivity contribution in [3.8, 4) is 0 Å². The fraction of sp³-hybridized carbons (Fsp3) is 0.375. The van der Waals surface area contributed by atoms with Gasteiger partial charge in [0.05, 0.1) is 0 Å². The summed E-state index contributed by atoms with van der Waals surface area (Å²) in [4.78, 5) is 7.17. The number of aromatic amines is 1. The molecule has 0 bridgehead atoms. The summed E-state index contributed by atoms with van der Waals surface area (Å²) in [5, 5.41) is 3.29. The average molecular weight is 162 g/mol. The van der Waals surface area contributed by atoms with Gasteiger partial charge in [-0.25, -0.2) is 0 Å². The Bertz CT molecular complexity index is 415. The Balaban J connectivity index is 2.34. The Morgan fingerprint density at radius 2 is 2.50 bits per heavy atom. The molecule has 0 unspecified atom stereocenters. The molecule has 3 heterocycles. The number of nitrogens with zero attached hydrogens (tertiary/aromatic N) is 1. The van der Waals surface area contributed by atoms with E-state index in [2.05, 4.69) is 21.7 Å². The van der Waals surface area contributed by atoms with Gasteiger partial charge in [0.1, 0.15) is 0 Å². The van der Waals surface area contributed by atoms with Crippen LogP contribution in [0.5, 0.6) is 0 Å². The molecular formula is C8H8N3O. The normalized spacial score (nSPS) is 16.7. The summed E-state index contributed by atoms with van der Waals surface area (Å²) < 4.78 is 5.15. The lowest BCUT2D eigenvalue weighted by molar-refractivity contribution is 0.572. The van der Waals surface area contributed by atoms with E-state index in [1.807, 2.05) is 0 Å². The summed E-state index contributed by atoms with van der Waals surface area (Å²) in [5.41, 5.74) is 4.15. The molecule has 3 rings (SSSR count). The van der Waals surface area contributed by atoms with Crippen molar-refractivity contribution in [1.82, 2.24) is 15.3 Å². The molecule has 4 heteroatoms. The van der Waals surface area contributed by atoms with E-state index in [0.29, 0.717) is 0 Å². The molecule has 1 aliphatic heterocycles. The van der Waals surface area contributed by atoms with Crippen LogP contribution in [0.4, 0.5) is 0 Å². The van der Waals surface area contributed by atoms with Crippen molar-refractivity contribution in [2.24, 2.45) is 0 Å². The number of rotatable bonds is 0. The van der Waals surface area contributed by atoms with Crippen LogP contribution in [0.2, 0.25) is 0 Å². The van der Waals surface area contributed by atoms with Gasteiger partial charge in [0, 0.05) is 30.8 Å². The van der Waals surface area contributed by atoms with Crippen LogP contribution in [0.3, 0.4) is 0 Å². The minimum atomic E-state index is 0.823. The predicted octanol–water partition coefficient (Wildman–Crippen LogP) is 0.602. The molecule has 4 nitrogen and oxygen atoms in total. The minimum absolute atomic E-state index is 0.823. The van der Waals surface area contributed by atoms with Crippen molar-refractivity contribution in [1.29, 1.82) is 0 Å². The second-order valence-corrected chi connectivity index (χ2v) is 2.99. The van der Waals surface area contributed by atoms with Crippen LogP contribution in [-0.2, 0) is 13.0 Å². The Kier molecular flexibility index (Phi) is 1.10. The zero-order chi connectivity index (χ0) is 7.97. The number of hydrogen-bond donors (Lipinski definition) is 2.